The van der Waals surface area contributed by atoms with Crippen LogP contribution in [0.5, 0.6) is 0 Å². The third-order valence-electron chi connectivity index (χ3n) is 0.852. The summed E-state index contributed by atoms with van der Waals surface area (Å²) in [6.07, 6.45) is 0.750. The van der Waals surface area contributed by atoms with Gasteiger partial charge in [-0.2, -0.15) is 0 Å². The molecular weight excluding hydrogens is 158 g/mol. The van der Waals surface area contributed by atoms with E-state index in [1.54, 1.807) is 34.9 Å². The van der Waals surface area contributed by atoms with E-state index in [4.69, 9.17) is 5.11 Å². The molecule has 4 nitrogen and oxygen atoms in total. The van der Waals surface area contributed by atoms with E-state index in [9.17, 15) is 9.59 Å². The zero-order chi connectivity index (χ0) is 10.4. The van der Waals surface area contributed by atoms with Gasteiger partial charge in [0.05, 0.1) is 5.41 Å². The van der Waals surface area contributed by atoms with E-state index in [2.05, 4.69) is 0 Å². The van der Waals surface area contributed by atoms with E-state index in [0.29, 0.717) is 0 Å². The van der Waals surface area contributed by atoms with Crippen molar-refractivity contribution in [3.05, 3.63) is 0 Å². The maximum Gasteiger partial charge on any atom is 0.308 e. The van der Waals surface area contributed by atoms with Crippen LogP contribution in [0.15, 0.2) is 0 Å². The highest BCUT2D eigenvalue weighted by atomic mass is 16.4. The third-order valence-corrected chi connectivity index (χ3v) is 0.852. The standard InChI is InChI=1S/C5H10O2.C3H7NO/c1-5(2,3)4(6)7;1-4(2)3-5/h1-3H3,(H,6,7);3H,1-2H3. The van der Waals surface area contributed by atoms with Gasteiger partial charge in [-0.05, 0) is 20.8 Å². The van der Waals surface area contributed by atoms with Crippen LogP contribution in [0.1, 0.15) is 20.8 Å². The van der Waals surface area contributed by atoms with E-state index in [1.807, 2.05) is 0 Å². The molecule has 1 amide bonds. The molecular formula is C8H17NO3. The van der Waals surface area contributed by atoms with E-state index >= 15 is 0 Å². The Balaban J connectivity index is 0. The van der Waals surface area contributed by atoms with Crippen molar-refractivity contribution < 1.29 is 14.7 Å². The number of hydrogen-bond donors (Lipinski definition) is 1. The lowest BCUT2D eigenvalue weighted by molar-refractivity contribution is -0.145. The summed E-state index contributed by atoms with van der Waals surface area (Å²) in [7, 11) is 3.38. The van der Waals surface area contributed by atoms with Crippen LogP contribution in [0.25, 0.3) is 0 Å². The van der Waals surface area contributed by atoms with Crippen LogP contribution in [0.2, 0.25) is 0 Å². The highest BCUT2D eigenvalue weighted by molar-refractivity contribution is 5.72. The van der Waals surface area contributed by atoms with Crippen LogP contribution in [-0.2, 0) is 9.59 Å². The Kier molecular flexibility index (Phi) is 6.28. The molecule has 0 aromatic carbocycles. The summed E-state index contributed by atoms with van der Waals surface area (Å²) in [4.78, 5) is 20.9. The van der Waals surface area contributed by atoms with Crippen LogP contribution in [-0.4, -0.2) is 36.5 Å². The first-order valence-corrected chi connectivity index (χ1v) is 3.57. The summed E-state index contributed by atoms with van der Waals surface area (Å²) < 4.78 is 0. The molecule has 0 aromatic rings. The zero-order valence-corrected chi connectivity index (χ0v) is 8.29. The van der Waals surface area contributed by atoms with Gasteiger partial charge in [-0.1, -0.05) is 0 Å². The average molecular weight is 175 g/mol. The lowest BCUT2D eigenvalue weighted by Crippen LogP contribution is -2.18. The first kappa shape index (κ1) is 13.5. The van der Waals surface area contributed by atoms with Gasteiger partial charge in [0.15, 0.2) is 0 Å². The highest BCUT2D eigenvalue weighted by Gasteiger charge is 2.18. The molecule has 0 spiro atoms. The smallest absolute Gasteiger partial charge is 0.308 e. The molecule has 72 valence electrons. The maximum absolute atomic E-state index is 10.0. The van der Waals surface area contributed by atoms with Crippen molar-refractivity contribution in [1.82, 2.24) is 4.90 Å². The molecule has 0 aromatic heterocycles. The first-order valence-electron chi connectivity index (χ1n) is 3.57. The second-order valence-electron chi connectivity index (χ2n) is 3.62. The van der Waals surface area contributed by atoms with Crippen molar-refractivity contribution in [2.45, 2.75) is 20.8 Å². The molecule has 0 saturated carbocycles. The van der Waals surface area contributed by atoms with Gasteiger partial charge in [-0.15, -0.1) is 0 Å². The minimum atomic E-state index is -0.757. The summed E-state index contributed by atoms with van der Waals surface area (Å²) in [5.74, 6) is -0.757. The first-order chi connectivity index (χ1) is 5.21. The number of carbonyl (C=O) groups excluding carboxylic acids is 1. The Morgan fingerprint density at radius 2 is 1.50 bits per heavy atom. The van der Waals surface area contributed by atoms with E-state index in [0.717, 1.165) is 6.41 Å². The Hall–Kier alpha value is -1.06. The molecule has 4 heteroatoms. The number of carboxylic acid groups (broad SMARTS) is 1. The predicted molar refractivity (Wildman–Crippen MR) is 46.8 cm³/mol. The van der Waals surface area contributed by atoms with Gasteiger partial charge in [0.1, 0.15) is 0 Å². The normalized spacial score (nSPS) is 9.42. The number of rotatable bonds is 1. The third kappa shape index (κ3) is 11.7. The summed E-state index contributed by atoms with van der Waals surface area (Å²) in [5, 5.41) is 8.25. The Morgan fingerprint density at radius 1 is 1.33 bits per heavy atom. The number of carbonyl (C=O) groups is 2. The fourth-order valence-corrected chi connectivity index (χ4v) is 0. The van der Waals surface area contributed by atoms with E-state index in [-0.39, 0.29) is 0 Å². The van der Waals surface area contributed by atoms with Gasteiger partial charge in [0.2, 0.25) is 6.41 Å². The largest absolute Gasteiger partial charge is 0.481 e. The Labute approximate surface area is 73.2 Å². The lowest BCUT2D eigenvalue weighted by atomic mass is 9.98. The molecule has 12 heavy (non-hydrogen) atoms. The number of aliphatic carboxylic acids is 1. The van der Waals surface area contributed by atoms with E-state index in [1.165, 1.54) is 4.90 Å². The quantitative estimate of drug-likeness (QED) is 0.600. The summed E-state index contributed by atoms with van der Waals surface area (Å²) >= 11 is 0. The minimum Gasteiger partial charge on any atom is -0.481 e. The molecule has 0 rings (SSSR count). The number of carboxylic acids is 1. The van der Waals surface area contributed by atoms with Crippen LogP contribution in [0.4, 0.5) is 0 Å². The molecule has 0 radical (unpaired) electrons. The van der Waals surface area contributed by atoms with Crippen molar-refractivity contribution in [2.24, 2.45) is 5.41 Å². The van der Waals surface area contributed by atoms with Gasteiger partial charge in [-0.3, -0.25) is 9.59 Å². The fraction of sp³-hybridized carbons (Fsp3) is 0.750. The van der Waals surface area contributed by atoms with Crippen molar-refractivity contribution in [1.29, 1.82) is 0 Å². The lowest BCUT2D eigenvalue weighted by Gasteiger charge is -2.08. The molecule has 0 unspecified atom stereocenters. The number of hydrogen-bond acceptors (Lipinski definition) is 2. The molecule has 0 aliphatic rings. The molecule has 0 saturated heterocycles. The van der Waals surface area contributed by atoms with Crippen LogP contribution in [0.3, 0.4) is 0 Å². The zero-order valence-electron chi connectivity index (χ0n) is 8.29. The van der Waals surface area contributed by atoms with E-state index < -0.39 is 11.4 Å². The molecule has 1 N–H and O–H groups in total. The summed E-state index contributed by atoms with van der Waals surface area (Å²) in [6.45, 7) is 4.99. The molecule has 0 bridgehead atoms. The molecule has 0 atom stereocenters. The number of amides is 1. The van der Waals surface area contributed by atoms with Crippen molar-refractivity contribution >= 4 is 12.4 Å². The monoisotopic (exact) mass is 175 g/mol. The Bertz CT molecular complexity index is 147. The maximum atomic E-state index is 10.0. The topological polar surface area (TPSA) is 57.6 Å². The fourth-order valence-electron chi connectivity index (χ4n) is 0. The summed E-state index contributed by atoms with van der Waals surface area (Å²) in [5.41, 5.74) is -0.583. The van der Waals surface area contributed by atoms with Gasteiger partial charge in [-0.25, -0.2) is 0 Å². The summed E-state index contributed by atoms with van der Waals surface area (Å²) in [6, 6.07) is 0. The second-order valence-corrected chi connectivity index (χ2v) is 3.62. The van der Waals surface area contributed by atoms with Gasteiger partial charge in [0, 0.05) is 14.1 Å². The van der Waals surface area contributed by atoms with Crippen LogP contribution < -0.4 is 0 Å². The number of nitrogens with zero attached hydrogens (tertiary/aromatic N) is 1. The van der Waals surface area contributed by atoms with Gasteiger partial charge < -0.3 is 10.0 Å². The van der Waals surface area contributed by atoms with Gasteiger partial charge in [0.25, 0.3) is 0 Å². The molecule has 0 fully saturated rings. The molecule has 0 heterocycles. The van der Waals surface area contributed by atoms with Crippen LogP contribution in [0, 0.1) is 5.41 Å². The van der Waals surface area contributed by atoms with Crippen LogP contribution >= 0.6 is 0 Å². The van der Waals surface area contributed by atoms with Gasteiger partial charge >= 0.3 is 5.97 Å². The van der Waals surface area contributed by atoms with Crippen molar-refractivity contribution in [3.63, 3.8) is 0 Å². The molecule has 0 aliphatic heterocycles. The minimum absolute atomic E-state index is 0.583. The SMILES string of the molecule is CC(C)(C)C(=O)O.CN(C)C=O. The second kappa shape index (κ2) is 5.57. The average Bonchev–Trinajstić information content (AvgIpc) is 1.87. The van der Waals surface area contributed by atoms with Crippen molar-refractivity contribution in [3.8, 4) is 0 Å². The highest BCUT2D eigenvalue weighted by Crippen LogP contribution is 2.11. The van der Waals surface area contributed by atoms with Crippen molar-refractivity contribution in [2.75, 3.05) is 14.1 Å². The molecule has 0 aliphatic carbocycles. The Morgan fingerprint density at radius 3 is 1.50 bits per heavy atom. The predicted octanol–water partition coefficient (Wildman–Crippen LogP) is 0.822.